The van der Waals surface area contributed by atoms with E-state index in [9.17, 15) is 10.2 Å². The summed E-state index contributed by atoms with van der Waals surface area (Å²) in [6, 6.07) is 10.3. The molecule has 3 aromatic rings. The molecule has 2 heterocycles. The normalized spacial score (nSPS) is 11.1. The third-order valence-electron chi connectivity index (χ3n) is 3.91. The molecule has 0 radical (unpaired) electrons. The molecule has 0 spiro atoms. The minimum atomic E-state index is -0.0137. The van der Waals surface area contributed by atoms with Gasteiger partial charge in [-0.1, -0.05) is 30.3 Å². The van der Waals surface area contributed by atoms with Gasteiger partial charge < -0.3 is 19.7 Å². The van der Waals surface area contributed by atoms with Crippen LogP contribution >= 0.6 is 0 Å². The van der Waals surface area contributed by atoms with Gasteiger partial charge in [0.05, 0.1) is 19.5 Å². The molecule has 126 valence electrons. The van der Waals surface area contributed by atoms with E-state index < -0.39 is 0 Å². The minimum Gasteiger partial charge on any atom is -0.395 e. The van der Waals surface area contributed by atoms with Crippen molar-refractivity contribution in [2.24, 2.45) is 0 Å². The van der Waals surface area contributed by atoms with Crippen LogP contribution < -0.4 is 4.90 Å². The Balaban J connectivity index is 1.85. The first-order valence-corrected chi connectivity index (χ1v) is 8.00. The van der Waals surface area contributed by atoms with Crippen molar-refractivity contribution < 1.29 is 10.2 Å². The maximum absolute atomic E-state index is 9.22. The topological polar surface area (TPSA) is 87.3 Å². The molecule has 0 saturated heterocycles. The van der Waals surface area contributed by atoms with Crippen molar-refractivity contribution in [3.8, 4) is 0 Å². The molecule has 7 heteroatoms. The molecule has 2 N–H and O–H groups in total. The maximum Gasteiger partial charge on any atom is 0.165 e. The fourth-order valence-electron chi connectivity index (χ4n) is 2.72. The summed E-state index contributed by atoms with van der Waals surface area (Å²) in [6.45, 7) is 1.53. The van der Waals surface area contributed by atoms with Crippen molar-refractivity contribution in [3.05, 3.63) is 48.5 Å². The summed E-state index contributed by atoms with van der Waals surface area (Å²) in [4.78, 5) is 14.9. The van der Waals surface area contributed by atoms with Gasteiger partial charge in [0, 0.05) is 19.6 Å². The van der Waals surface area contributed by atoms with Crippen molar-refractivity contribution in [1.29, 1.82) is 0 Å². The number of anilines is 1. The van der Waals surface area contributed by atoms with Crippen LogP contribution in [0.2, 0.25) is 0 Å². The van der Waals surface area contributed by atoms with Crippen LogP contribution in [0.15, 0.2) is 43.0 Å². The number of aliphatic hydroxyl groups is 2. The van der Waals surface area contributed by atoms with Crippen LogP contribution in [-0.2, 0) is 13.0 Å². The summed E-state index contributed by atoms with van der Waals surface area (Å²) in [5, 5.41) is 18.4. The maximum atomic E-state index is 9.22. The van der Waals surface area contributed by atoms with Gasteiger partial charge in [-0.3, -0.25) is 0 Å². The van der Waals surface area contributed by atoms with Crippen LogP contribution in [0, 0.1) is 0 Å². The number of hydrogen-bond donors (Lipinski definition) is 2. The van der Waals surface area contributed by atoms with Gasteiger partial charge >= 0.3 is 0 Å². The van der Waals surface area contributed by atoms with Crippen LogP contribution in [0.1, 0.15) is 5.56 Å². The van der Waals surface area contributed by atoms with Gasteiger partial charge in [-0.05, 0) is 12.0 Å². The highest BCUT2D eigenvalue weighted by Crippen LogP contribution is 2.21. The number of nitrogens with zero attached hydrogens (tertiary/aromatic N) is 5. The largest absolute Gasteiger partial charge is 0.395 e. The molecule has 0 amide bonds. The molecular weight excluding hydrogens is 306 g/mol. The molecule has 2 aromatic heterocycles. The molecule has 0 saturated carbocycles. The van der Waals surface area contributed by atoms with E-state index in [2.05, 4.69) is 27.1 Å². The lowest BCUT2D eigenvalue weighted by molar-refractivity contribution is 0.281. The Morgan fingerprint density at radius 2 is 1.71 bits per heavy atom. The predicted octanol–water partition coefficient (Wildman–Crippen LogP) is 0.860. The molecular formula is C17H21N5O2. The van der Waals surface area contributed by atoms with E-state index in [1.807, 2.05) is 27.7 Å². The van der Waals surface area contributed by atoms with Crippen LogP contribution in [0.5, 0.6) is 0 Å². The minimum absolute atomic E-state index is 0.0137. The summed E-state index contributed by atoms with van der Waals surface area (Å²) < 4.78 is 2.00. The number of hydrogen-bond acceptors (Lipinski definition) is 6. The molecule has 24 heavy (non-hydrogen) atoms. The third-order valence-corrected chi connectivity index (χ3v) is 3.91. The predicted molar refractivity (Wildman–Crippen MR) is 91.9 cm³/mol. The monoisotopic (exact) mass is 327 g/mol. The summed E-state index contributed by atoms with van der Waals surface area (Å²) in [5.41, 5.74) is 2.71. The van der Waals surface area contributed by atoms with Crippen molar-refractivity contribution in [1.82, 2.24) is 19.5 Å². The van der Waals surface area contributed by atoms with Gasteiger partial charge in [-0.2, -0.15) is 0 Å². The van der Waals surface area contributed by atoms with Crippen LogP contribution in [-0.4, -0.2) is 56.0 Å². The SMILES string of the molecule is OCCN(CCO)c1ncnc2c1ncn2CCc1ccccc1. The molecule has 0 fully saturated rings. The zero-order chi connectivity index (χ0) is 16.8. The second-order valence-corrected chi connectivity index (χ2v) is 5.48. The Labute approximate surface area is 140 Å². The Morgan fingerprint density at radius 3 is 2.42 bits per heavy atom. The van der Waals surface area contributed by atoms with Crippen molar-refractivity contribution >= 4 is 17.0 Å². The average Bonchev–Trinajstić information content (AvgIpc) is 3.04. The molecule has 7 nitrogen and oxygen atoms in total. The fourth-order valence-corrected chi connectivity index (χ4v) is 2.72. The Morgan fingerprint density at radius 1 is 0.958 bits per heavy atom. The molecule has 1 aromatic carbocycles. The number of aryl methyl sites for hydroxylation is 2. The highest BCUT2D eigenvalue weighted by molar-refractivity contribution is 5.83. The van der Waals surface area contributed by atoms with E-state index >= 15 is 0 Å². The Bertz CT molecular complexity index is 769. The summed E-state index contributed by atoms with van der Waals surface area (Å²) >= 11 is 0. The van der Waals surface area contributed by atoms with Gasteiger partial charge in [0.2, 0.25) is 0 Å². The number of rotatable bonds is 8. The van der Waals surface area contributed by atoms with Gasteiger partial charge in [-0.15, -0.1) is 0 Å². The number of aliphatic hydroxyl groups excluding tert-OH is 2. The van der Waals surface area contributed by atoms with Crippen LogP contribution in [0.25, 0.3) is 11.2 Å². The van der Waals surface area contributed by atoms with E-state index in [1.54, 1.807) is 6.33 Å². The Hall–Kier alpha value is -2.51. The lowest BCUT2D eigenvalue weighted by Crippen LogP contribution is -2.30. The highest BCUT2D eigenvalue weighted by atomic mass is 16.3. The standard InChI is InChI=1S/C17H21N5O2/c23-10-8-21(9-11-24)16-15-17(19-12-18-16)22(13-20-15)7-6-14-4-2-1-3-5-14/h1-5,12-13,23-24H,6-11H2. The zero-order valence-corrected chi connectivity index (χ0v) is 13.4. The number of benzene rings is 1. The lowest BCUT2D eigenvalue weighted by atomic mass is 10.1. The van der Waals surface area contributed by atoms with Crippen molar-refractivity contribution in [3.63, 3.8) is 0 Å². The smallest absolute Gasteiger partial charge is 0.165 e. The lowest BCUT2D eigenvalue weighted by Gasteiger charge is -2.21. The van der Waals surface area contributed by atoms with E-state index in [0.717, 1.165) is 18.6 Å². The number of fused-ring (bicyclic) bond motifs is 1. The first-order chi connectivity index (χ1) is 11.8. The molecule has 3 rings (SSSR count). The number of imidazole rings is 1. The summed E-state index contributed by atoms with van der Waals surface area (Å²) in [6.07, 6.45) is 4.16. The van der Waals surface area contributed by atoms with Crippen LogP contribution in [0.3, 0.4) is 0 Å². The van der Waals surface area contributed by atoms with Crippen LogP contribution in [0.4, 0.5) is 5.82 Å². The van der Waals surface area contributed by atoms with Gasteiger partial charge in [0.25, 0.3) is 0 Å². The molecule has 0 atom stereocenters. The second kappa shape index (κ2) is 7.85. The summed E-state index contributed by atoms with van der Waals surface area (Å²) in [7, 11) is 0. The van der Waals surface area contributed by atoms with Crippen molar-refractivity contribution in [2.45, 2.75) is 13.0 Å². The van der Waals surface area contributed by atoms with E-state index in [4.69, 9.17) is 0 Å². The third kappa shape index (κ3) is 3.52. The molecule has 0 aliphatic carbocycles. The van der Waals surface area contributed by atoms with Gasteiger partial charge in [0.1, 0.15) is 6.33 Å². The van der Waals surface area contributed by atoms with Gasteiger partial charge in [0.15, 0.2) is 17.0 Å². The summed E-state index contributed by atoms with van der Waals surface area (Å²) in [5.74, 6) is 0.640. The average molecular weight is 327 g/mol. The quantitative estimate of drug-likeness (QED) is 0.638. The second-order valence-electron chi connectivity index (χ2n) is 5.48. The first-order valence-electron chi connectivity index (χ1n) is 8.00. The molecule has 0 aliphatic rings. The zero-order valence-electron chi connectivity index (χ0n) is 13.4. The van der Waals surface area contributed by atoms with Crippen molar-refractivity contribution in [2.75, 3.05) is 31.2 Å². The van der Waals surface area contributed by atoms with E-state index in [1.165, 1.54) is 11.9 Å². The van der Waals surface area contributed by atoms with E-state index in [0.29, 0.717) is 24.4 Å². The van der Waals surface area contributed by atoms with E-state index in [-0.39, 0.29) is 13.2 Å². The molecule has 0 unspecified atom stereocenters. The molecule has 0 aliphatic heterocycles. The number of aromatic nitrogens is 4. The molecule has 0 bridgehead atoms. The fraction of sp³-hybridized carbons (Fsp3) is 0.353. The highest BCUT2D eigenvalue weighted by Gasteiger charge is 2.15. The van der Waals surface area contributed by atoms with Gasteiger partial charge in [-0.25, -0.2) is 15.0 Å². The first kappa shape index (κ1) is 16.4. The Kier molecular flexibility index (Phi) is 5.35.